The molecule has 6 heteroatoms. The van der Waals surface area contributed by atoms with Crippen LogP contribution in [0.25, 0.3) is 0 Å². The largest absolute Gasteiger partial charge is 0.347 e. The van der Waals surface area contributed by atoms with Crippen molar-refractivity contribution >= 4 is 11.8 Å². The first-order valence-corrected chi connectivity index (χ1v) is 7.86. The number of carbonyl (C=O) groups is 2. The number of amides is 2. The number of piperidine rings is 1. The molecule has 122 valence electrons. The van der Waals surface area contributed by atoms with Gasteiger partial charge < -0.3 is 9.80 Å². The lowest BCUT2D eigenvalue weighted by Crippen LogP contribution is -2.59. The van der Waals surface area contributed by atoms with E-state index in [1.54, 1.807) is 29.9 Å². The number of hydrogen-bond acceptors (Lipinski definition) is 3. The molecule has 6 nitrogen and oxygen atoms in total. The summed E-state index contributed by atoms with van der Waals surface area (Å²) in [7, 11) is 3.50. The highest BCUT2D eigenvalue weighted by molar-refractivity contribution is 5.86. The molecule has 0 N–H and O–H groups in total. The van der Waals surface area contributed by atoms with E-state index in [2.05, 4.69) is 5.10 Å². The van der Waals surface area contributed by atoms with Crippen molar-refractivity contribution in [3.63, 3.8) is 0 Å². The number of likely N-dealkylation sites (tertiary alicyclic amines) is 1. The molecule has 0 saturated carbocycles. The minimum Gasteiger partial charge on any atom is -0.347 e. The first-order chi connectivity index (χ1) is 10.4. The fraction of sp³-hybridized carbons (Fsp3) is 0.688. The van der Waals surface area contributed by atoms with Gasteiger partial charge in [0.25, 0.3) is 5.91 Å². The highest BCUT2D eigenvalue weighted by Gasteiger charge is 2.46. The molecule has 0 aromatic carbocycles. The van der Waals surface area contributed by atoms with Crippen LogP contribution in [0, 0.1) is 5.92 Å². The van der Waals surface area contributed by atoms with Crippen molar-refractivity contribution in [2.24, 2.45) is 5.92 Å². The second kappa shape index (κ2) is 6.50. The Balaban J connectivity index is 2.30. The summed E-state index contributed by atoms with van der Waals surface area (Å²) in [6.45, 7) is 5.19. The second-order valence-corrected chi connectivity index (χ2v) is 6.70. The van der Waals surface area contributed by atoms with E-state index >= 15 is 0 Å². The Morgan fingerprint density at radius 1 is 1.36 bits per heavy atom. The minimum atomic E-state index is -0.780. The van der Waals surface area contributed by atoms with E-state index in [0.717, 1.165) is 13.0 Å². The molecular weight excluding hydrogens is 280 g/mol. The fourth-order valence-electron chi connectivity index (χ4n) is 3.13. The minimum absolute atomic E-state index is 0.00162. The number of likely N-dealkylation sites (N-methyl/N-ethyl adjacent to an activating group) is 1. The van der Waals surface area contributed by atoms with Crippen molar-refractivity contribution in [1.29, 1.82) is 0 Å². The number of rotatable bonds is 4. The van der Waals surface area contributed by atoms with E-state index in [4.69, 9.17) is 0 Å². The standard InChI is InChI=1S/C16H26N4O2/c1-13(2)11-14(21)19-9-5-7-16(12-19,15(22)18(3)4)20-10-6-8-17-20/h6,8,10,13H,5,7,9,11-12H2,1-4H3. The van der Waals surface area contributed by atoms with E-state index < -0.39 is 5.54 Å². The highest BCUT2D eigenvalue weighted by Crippen LogP contribution is 2.30. The monoisotopic (exact) mass is 306 g/mol. The van der Waals surface area contributed by atoms with Gasteiger partial charge in [-0.25, -0.2) is 0 Å². The molecule has 2 rings (SSSR count). The van der Waals surface area contributed by atoms with Gasteiger partial charge in [0.05, 0.1) is 6.54 Å². The van der Waals surface area contributed by atoms with Crippen LogP contribution < -0.4 is 0 Å². The molecule has 1 saturated heterocycles. The first-order valence-electron chi connectivity index (χ1n) is 7.86. The summed E-state index contributed by atoms with van der Waals surface area (Å²) >= 11 is 0. The Bertz CT molecular complexity index is 524. The zero-order chi connectivity index (χ0) is 16.3. The Kier molecular flexibility index (Phi) is 4.88. The summed E-state index contributed by atoms with van der Waals surface area (Å²) < 4.78 is 1.73. The van der Waals surface area contributed by atoms with Gasteiger partial charge in [-0.05, 0) is 24.8 Å². The molecule has 1 fully saturated rings. The van der Waals surface area contributed by atoms with Crippen LogP contribution in [-0.2, 0) is 15.1 Å². The van der Waals surface area contributed by atoms with Gasteiger partial charge in [-0.1, -0.05) is 13.8 Å². The molecule has 1 aliphatic heterocycles. The molecule has 1 atom stereocenters. The molecule has 0 spiro atoms. The van der Waals surface area contributed by atoms with Gasteiger partial charge in [-0.2, -0.15) is 5.10 Å². The van der Waals surface area contributed by atoms with E-state index in [9.17, 15) is 9.59 Å². The molecule has 1 aliphatic rings. The van der Waals surface area contributed by atoms with Crippen molar-refractivity contribution in [3.05, 3.63) is 18.5 Å². The first kappa shape index (κ1) is 16.5. The molecular formula is C16H26N4O2. The molecule has 1 unspecified atom stereocenters. The summed E-state index contributed by atoms with van der Waals surface area (Å²) in [6, 6.07) is 1.82. The molecule has 0 bridgehead atoms. The van der Waals surface area contributed by atoms with Crippen LogP contribution in [0.3, 0.4) is 0 Å². The summed E-state index contributed by atoms with van der Waals surface area (Å²) in [5.74, 6) is 0.439. The SMILES string of the molecule is CC(C)CC(=O)N1CCCC(C(=O)N(C)C)(n2cccn2)C1. The van der Waals surface area contributed by atoms with Crippen LogP contribution >= 0.6 is 0 Å². The van der Waals surface area contributed by atoms with Crippen LogP contribution in [-0.4, -0.2) is 58.6 Å². The molecule has 0 aliphatic carbocycles. The summed E-state index contributed by atoms with van der Waals surface area (Å²) in [5, 5.41) is 4.30. The summed E-state index contributed by atoms with van der Waals surface area (Å²) in [6.07, 6.45) is 5.53. The van der Waals surface area contributed by atoms with Gasteiger partial charge in [0.2, 0.25) is 5.91 Å². The predicted octanol–water partition coefficient (Wildman–Crippen LogP) is 1.34. The lowest BCUT2D eigenvalue weighted by atomic mass is 9.87. The van der Waals surface area contributed by atoms with Crippen LogP contribution in [0.15, 0.2) is 18.5 Å². The third-order valence-corrected chi connectivity index (χ3v) is 4.15. The van der Waals surface area contributed by atoms with E-state index in [-0.39, 0.29) is 11.8 Å². The quantitative estimate of drug-likeness (QED) is 0.843. The molecule has 0 radical (unpaired) electrons. The maximum absolute atomic E-state index is 12.8. The molecule has 1 aromatic heterocycles. The fourth-order valence-corrected chi connectivity index (χ4v) is 3.13. The van der Waals surface area contributed by atoms with Gasteiger partial charge in [-0.3, -0.25) is 14.3 Å². The van der Waals surface area contributed by atoms with E-state index in [1.807, 2.05) is 31.0 Å². The highest BCUT2D eigenvalue weighted by atomic mass is 16.2. The van der Waals surface area contributed by atoms with Gasteiger partial charge in [0.1, 0.15) is 0 Å². The second-order valence-electron chi connectivity index (χ2n) is 6.70. The molecule has 2 amide bonds. The van der Waals surface area contributed by atoms with Gasteiger partial charge in [0.15, 0.2) is 5.54 Å². The van der Waals surface area contributed by atoms with Gasteiger partial charge in [-0.15, -0.1) is 0 Å². The van der Waals surface area contributed by atoms with Crippen molar-refractivity contribution in [1.82, 2.24) is 19.6 Å². The Labute approximate surface area is 132 Å². The Hall–Kier alpha value is -1.85. The third-order valence-electron chi connectivity index (χ3n) is 4.15. The van der Waals surface area contributed by atoms with E-state index in [0.29, 0.717) is 25.3 Å². The lowest BCUT2D eigenvalue weighted by molar-refractivity contribution is -0.146. The number of hydrogen-bond donors (Lipinski definition) is 0. The molecule has 22 heavy (non-hydrogen) atoms. The molecule has 1 aromatic rings. The van der Waals surface area contributed by atoms with Crippen molar-refractivity contribution < 1.29 is 9.59 Å². The average Bonchev–Trinajstić information content (AvgIpc) is 3.00. The maximum atomic E-state index is 12.8. The van der Waals surface area contributed by atoms with Crippen LogP contribution in [0.4, 0.5) is 0 Å². The van der Waals surface area contributed by atoms with Crippen molar-refractivity contribution in [2.75, 3.05) is 27.2 Å². The number of nitrogens with zero attached hydrogens (tertiary/aromatic N) is 4. The topological polar surface area (TPSA) is 58.4 Å². The normalized spacial score (nSPS) is 22.0. The van der Waals surface area contributed by atoms with Crippen LogP contribution in [0.2, 0.25) is 0 Å². The van der Waals surface area contributed by atoms with E-state index in [1.165, 1.54) is 0 Å². The third kappa shape index (κ3) is 3.15. The average molecular weight is 306 g/mol. The number of aromatic nitrogens is 2. The van der Waals surface area contributed by atoms with Crippen molar-refractivity contribution in [3.8, 4) is 0 Å². The zero-order valence-electron chi connectivity index (χ0n) is 14.0. The predicted molar refractivity (Wildman–Crippen MR) is 84.2 cm³/mol. The van der Waals surface area contributed by atoms with Gasteiger partial charge >= 0.3 is 0 Å². The van der Waals surface area contributed by atoms with Crippen molar-refractivity contribution in [2.45, 2.75) is 38.6 Å². The number of carbonyl (C=O) groups excluding carboxylic acids is 2. The lowest BCUT2D eigenvalue weighted by Gasteiger charge is -2.43. The molecule has 2 heterocycles. The Morgan fingerprint density at radius 2 is 2.09 bits per heavy atom. The summed E-state index contributed by atoms with van der Waals surface area (Å²) in [4.78, 5) is 28.7. The summed E-state index contributed by atoms with van der Waals surface area (Å²) in [5.41, 5.74) is -0.780. The smallest absolute Gasteiger partial charge is 0.251 e. The van der Waals surface area contributed by atoms with Crippen LogP contribution in [0.5, 0.6) is 0 Å². The maximum Gasteiger partial charge on any atom is 0.251 e. The zero-order valence-corrected chi connectivity index (χ0v) is 14.0. The van der Waals surface area contributed by atoms with Gasteiger partial charge in [0, 0.05) is 39.5 Å². The Morgan fingerprint density at radius 3 is 2.64 bits per heavy atom. The van der Waals surface area contributed by atoms with Crippen LogP contribution in [0.1, 0.15) is 33.1 Å².